The Morgan fingerprint density at radius 2 is 2.27 bits per heavy atom. The number of halogens is 2. The van der Waals surface area contributed by atoms with Crippen LogP contribution in [0.2, 0.25) is 5.02 Å². The second-order valence-electron chi connectivity index (χ2n) is 1.79. The molecule has 56 valence electrons. The van der Waals surface area contributed by atoms with Gasteiger partial charge in [0.25, 0.3) is 0 Å². The predicted octanol–water partition coefficient (Wildman–Crippen LogP) is 4.04. The molecule has 0 saturated heterocycles. The second kappa shape index (κ2) is 3.62. The van der Waals surface area contributed by atoms with Crippen LogP contribution in [0.5, 0.6) is 0 Å². The summed E-state index contributed by atoms with van der Waals surface area (Å²) in [5.41, 5.74) is 8.54. The van der Waals surface area contributed by atoms with Gasteiger partial charge in [0.1, 0.15) is 0 Å². The highest BCUT2D eigenvalue weighted by molar-refractivity contribution is 9.10. The van der Waals surface area contributed by atoms with Crippen molar-refractivity contribution in [2.45, 2.75) is 0 Å². The average molecular weight is 232 g/mol. The summed E-state index contributed by atoms with van der Waals surface area (Å²) in [4.78, 5) is 2.62. The van der Waals surface area contributed by atoms with Crippen LogP contribution in [0.3, 0.4) is 0 Å². The highest BCUT2D eigenvalue weighted by atomic mass is 79.9. The Morgan fingerprint density at radius 3 is 2.82 bits per heavy atom. The zero-order valence-electron chi connectivity index (χ0n) is 5.33. The number of azide groups is 1. The van der Waals surface area contributed by atoms with E-state index in [2.05, 4.69) is 26.0 Å². The molecule has 11 heavy (non-hydrogen) atoms. The van der Waals surface area contributed by atoms with Crippen molar-refractivity contribution in [3.63, 3.8) is 0 Å². The lowest BCUT2D eigenvalue weighted by Crippen LogP contribution is -1.66. The van der Waals surface area contributed by atoms with E-state index in [1.54, 1.807) is 18.2 Å². The van der Waals surface area contributed by atoms with Gasteiger partial charge in [-0.1, -0.05) is 38.7 Å². The average Bonchev–Trinajstić information content (AvgIpc) is 1.95. The third kappa shape index (κ3) is 2.12. The Kier molecular flexibility index (Phi) is 2.76. The van der Waals surface area contributed by atoms with Crippen LogP contribution in [0, 0.1) is 0 Å². The molecule has 0 spiro atoms. The number of nitrogens with zero attached hydrogens (tertiary/aromatic N) is 3. The first-order valence-corrected chi connectivity index (χ1v) is 3.91. The second-order valence-corrected chi connectivity index (χ2v) is 3.11. The molecule has 0 aliphatic carbocycles. The van der Waals surface area contributed by atoms with Crippen LogP contribution in [0.15, 0.2) is 27.8 Å². The molecule has 0 unspecified atom stereocenters. The standard InChI is InChI=1S/C6H3BrClN3/c7-4-1-2-6(10-11-9)5(8)3-4/h1-3H. The first kappa shape index (κ1) is 8.40. The molecule has 1 rings (SSSR count). The van der Waals surface area contributed by atoms with Gasteiger partial charge in [0.15, 0.2) is 0 Å². The third-order valence-corrected chi connectivity index (χ3v) is 1.86. The summed E-state index contributed by atoms with van der Waals surface area (Å²) >= 11 is 8.94. The van der Waals surface area contributed by atoms with Crippen LogP contribution >= 0.6 is 27.5 Å². The predicted molar refractivity (Wildman–Crippen MR) is 48.0 cm³/mol. The highest BCUT2D eigenvalue weighted by Gasteiger charge is 1.96. The van der Waals surface area contributed by atoms with Crippen LogP contribution < -0.4 is 0 Å². The van der Waals surface area contributed by atoms with Crippen LogP contribution in [0.25, 0.3) is 10.4 Å². The molecular formula is C6H3BrClN3. The number of benzene rings is 1. The van der Waals surface area contributed by atoms with Crippen molar-refractivity contribution < 1.29 is 0 Å². The van der Waals surface area contributed by atoms with Crippen molar-refractivity contribution in [2.24, 2.45) is 5.11 Å². The molecular weight excluding hydrogens is 229 g/mol. The monoisotopic (exact) mass is 231 g/mol. The van der Waals surface area contributed by atoms with Gasteiger partial charge in [0.2, 0.25) is 0 Å². The van der Waals surface area contributed by atoms with E-state index in [9.17, 15) is 0 Å². The molecule has 3 nitrogen and oxygen atoms in total. The summed E-state index contributed by atoms with van der Waals surface area (Å²) in [6.45, 7) is 0. The van der Waals surface area contributed by atoms with Crippen molar-refractivity contribution in [3.05, 3.63) is 38.1 Å². The van der Waals surface area contributed by atoms with Gasteiger partial charge in [-0.3, -0.25) is 0 Å². The van der Waals surface area contributed by atoms with E-state index < -0.39 is 0 Å². The summed E-state index contributed by atoms with van der Waals surface area (Å²) in [6, 6.07) is 5.08. The van der Waals surface area contributed by atoms with Crippen molar-refractivity contribution in [2.75, 3.05) is 0 Å². The molecule has 1 aromatic rings. The van der Waals surface area contributed by atoms with E-state index in [4.69, 9.17) is 17.1 Å². The van der Waals surface area contributed by atoms with E-state index in [1.165, 1.54) is 0 Å². The Labute approximate surface area is 76.7 Å². The van der Waals surface area contributed by atoms with Crippen molar-refractivity contribution in [3.8, 4) is 0 Å². The molecule has 0 fully saturated rings. The molecule has 0 aliphatic rings. The molecule has 0 atom stereocenters. The minimum Gasteiger partial charge on any atom is -0.0838 e. The zero-order valence-corrected chi connectivity index (χ0v) is 7.67. The molecule has 1 aromatic carbocycles. The van der Waals surface area contributed by atoms with Crippen LogP contribution in [-0.2, 0) is 0 Å². The SMILES string of the molecule is [N-]=[N+]=Nc1ccc(Br)cc1Cl. The van der Waals surface area contributed by atoms with Gasteiger partial charge in [-0.05, 0) is 17.7 Å². The minimum atomic E-state index is 0.442. The first-order chi connectivity index (χ1) is 5.24. The van der Waals surface area contributed by atoms with E-state index in [0.29, 0.717) is 10.7 Å². The minimum absolute atomic E-state index is 0.442. The maximum atomic E-state index is 8.10. The van der Waals surface area contributed by atoms with Crippen LogP contribution in [0.4, 0.5) is 5.69 Å². The normalized spacial score (nSPS) is 8.91. The summed E-state index contributed by atoms with van der Waals surface area (Å²) < 4.78 is 0.861. The third-order valence-electron chi connectivity index (χ3n) is 1.06. The fraction of sp³-hybridized carbons (Fsp3) is 0. The van der Waals surface area contributed by atoms with E-state index >= 15 is 0 Å². The van der Waals surface area contributed by atoms with E-state index in [1.807, 2.05) is 0 Å². The number of rotatable bonds is 1. The molecule has 0 amide bonds. The van der Waals surface area contributed by atoms with Crippen molar-refractivity contribution >= 4 is 33.2 Å². The number of hydrogen-bond acceptors (Lipinski definition) is 1. The molecule has 0 aromatic heterocycles. The van der Waals surface area contributed by atoms with Gasteiger partial charge in [-0.15, -0.1) is 0 Å². The molecule has 0 N–H and O–H groups in total. The lowest BCUT2D eigenvalue weighted by Gasteiger charge is -1.95. The quantitative estimate of drug-likeness (QED) is 0.398. The number of hydrogen-bond donors (Lipinski definition) is 0. The lowest BCUT2D eigenvalue weighted by atomic mass is 10.3. The summed E-state index contributed by atoms with van der Waals surface area (Å²) in [7, 11) is 0. The first-order valence-electron chi connectivity index (χ1n) is 2.74. The fourth-order valence-electron chi connectivity index (χ4n) is 0.611. The molecule has 0 heterocycles. The molecule has 5 heteroatoms. The van der Waals surface area contributed by atoms with Gasteiger partial charge in [-0.2, -0.15) is 0 Å². The summed E-state index contributed by atoms with van der Waals surface area (Å²) in [6.07, 6.45) is 0. The van der Waals surface area contributed by atoms with Gasteiger partial charge in [-0.25, -0.2) is 0 Å². The van der Waals surface area contributed by atoms with Gasteiger partial charge >= 0.3 is 0 Å². The van der Waals surface area contributed by atoms with Crippen molar-refractivity contribution in [1.82, 2.24) is 0 Å². The zero-order chi connectivity index (χ0) is 8.27. The summed E-state index contributed by atoms with van der Waals surface area (Å²) in [5, 5.41) is 3.82. The van der Waals surface area contributed by atoms with Gasteiger partial charge in [0, 0.05) is 9.38 Å². The Hall–Kier alpha value is -0.700. The maximum Gasteiger partial charge on any atom is 0.0562 e. The van der Waals surface area contributed by atoms with E-state index in [-0.39, 0.29) is 0 Å². The molecule has 0 saturated carbocycles. The van der Waals surface area contributed by atoms with Gasteiger partial charge in [0.05, 0.1) is 10.7 Å². The largest absolute Gasteiger partial charge is 0.0838 e. The Morgan fingerprint density at radius 1 is 1.55 bits per heavy atom. The fourth-order valence-corrected chi connectivity index (χ4v) is 1.32. The Bertz CT molecular complexity index is 320. The lowest BCUT2D eigenvalue weighted by molar-refractivity contribution is 1.47. The highest BCUT2D eigenvalue weighted by Crippen LogP contribution is 2.27. The van der Waals surface area contributed by atoms with Crippen LogP contribution in [-0.4, -0.2) is 0 Å². The molecule has 0 bridgehead atoms. The van der Waals surface area contributed by atoms with Crippen LogP contribution in [0.1, 0.15) is 0 Å². The summed E-state index contributed by atoms with van der Waals surface area (Å²) in [5.74, 6) is 0. The maximum absolute atomic E-state index is 8.10. The van der Waals surface area contributed by atoms with Gasteiger partial charge < -0.3 is 0 Å². The molecule has 0 aliphatic heterocycles. The molecule has 0 radical (unpaired) electrons. The van der Waals surface area contributed by atoms with E-state index in [0.717, 1.165) is 4.47 Å². The topological polar surface area (TPSA) is 48.8 Å². The van der Waals surface area contributed by atoms with Crippen molar-refractivity contribution in [1.29, 1.82) is 0 Å². The smallest absolute Gasteiger partial charge is 0.0562 e. The Balaban J connectivity index is 3.19.